The molecule has 4 heteroatoms. The molecule has 1 aliphatic rings. The van der Waals surface area contributed by atoms with Crippen LogP contribution < -0.4 is 5.32 Å². The molecule has 0 saturated carbocycles. The molecule has 0 aliphatic carbocycles. The summed E-state index contributed by atoms with van der Waals surface area (Å²) >= 11 is 0. The summed E-state index contributed by atoms with van der Waals surface area (Å²) in [5, 5.41) is 2.66. The van der Waals surface area contributed by atoms with Crippen molar-refractivity contribution in [3.05, 3.63) is 0 Å². The Balaban J connectivity index is 2.54. The molecule has 1 amide bonds. The van der Waals surface area contributed by atoms with Crippen molar-refractivity contribution in [1.82, 2.24) is 5.32 Å². The molecular formula is C10H17NO3. The highest BCUT2D eigenvalue weighted by atomic mass is 16.5. The molecule has 4 nitrogen and oxygen atoms in total. The monoisotopic (exact) mass is 199 g/mol. The highest BCUT2D eigenvalue weighted by molar-refractivity contribution is 5.89. The largest absolute Gasteiger partial charge is 0.464 e. The zero-order valence-corrected chi connectivity index (χ0v) is 8.87. The molecule has 2 atom stereocenters. The van der Waals surface area contributed by atoms with Crippen LogP contribution in [0, 0.1) is 11.8 Å². The van der Waals surface area contributed by atoms with E-state index in [1.54, 1.807) is 6.92 Å². The molecular weight excluding hydrogens is 182 g/mol. The molecule has 1 aliphatic heterocycles. The van der Waals surface area contributed by atoms with Crippen molar-refractivity contribution < 1.29 is 14.3 Å². The minimum atomic E-state index is -0.435. The van der Waals surface area contributed by atoms with Gasteiger partial charge >= 0.3 is 5.97 Å². The Bertz CT molecular complexity index is 238. The van der Waals surface area contributed by atoms with E-state index >= 15 is 0 Å². The molecule has 1 N–H and O–H groups in total. The van der Waals surface area contributed by atoms with Crippen LogP contribution in [0.25, 0.3) is 0 Å². The van der Waals surface area contributed by atoms with E-state index in [-0.39, 0.29) is 23.7 Å². The zero-order chi connectivity index (χ0) is 10.7. The Morgan fingerprint density at radius 3 is 2.71 bits per heavy atom. The van der Waals surface area contributed by atoms with Gasteiger partial charge in [0.25, 0.3) is 0 Å². The summed E-state index contributed by atoms with van der Waals surface area (Å²) in [7, 11) is 0. The van der Waals surface area contributed by atoms with Gasteiger partial charge in [-0.3, -0.25) is 4.79 Å². The number of rotatable bonds is 3. The van der Waals surface area contributed by atoms with Gasteiger partial charge < -0.3 is 10.1 Å². The average Bonchev–Trinajstić information content (AvgIpc) is 2.48. The number of esters is 1. The van der Waals surface area contributed by atoms with Crippen molar-refractivity contribution in [2.45, 2.75) is 33.2 Å². The predicted molar refractivity (Wildman–Crippen MR) is 51.5 cm³/mol. The fourth-order valence-electron chi connectivity index (χ4n) is 1.67. The first kappa shape index (κ1) is 11.0. The Labute approximate surface area is 84.0 Å². The van der Waals surface area contributed by atoms with E-state index in [1.807, 2.05) is 13.8 Å². The first-order valence-corrected chi connectivity index (χ1v) is 5.03. The maximum Gasteiger partial charge on any atom is 0.328 e. The molecule has 14 heavy (non-hydrogen) atoms. The van der Waals surface area contributed by atoms with Crippen molar-refractivity contribution in [2.75, 3.05) is 6.61 Å². The van der Waals surface area contributed by atoms with Gasteiger partial charge in [0.1, 0.15) is 6.04 Å². The van der Waals surface area contributed by atoms with Crippen LogP contribution in [0.3, 0.4) is 0 Å². The van der Waals surface area contributed by atoms with Crippen LogP contribution in [-0.4, -0.2) is 24.5 Å². The number of carbonyl (C=O) groups is 2. The molecule has 0 radical (unpaired) electrons. The number of hydrogen-bond acceptors (Lipinski definition) is 3. The van der Waals surface area contributed by atoms with Gasteiger partial charge in [0.2, 0.25) is 5.91 Å². The second kappa shape index (κ2) is 4.44. The molecule has 0 aromatic carbocycles. The van der Waals surface area contributed by atoms with Gasteiger partial charge in [-0.05, 0) is 19.3 Å². The van der Waals surface area contributed by atoms with Gasteiger partial charge in [0.05, 0.1) is 6.61 Å². The lowest BCUT2D eigenvalue weighted by atomic mass is 9.93. The molecule has 0 bridgehead atoms. The Morgan fingerprint density at radius 1 is 1.64 bits per heavy atom. The van der Waals surface area contributed by atoms with E-state index < -0.39 is 6.04 Å². The van der Waals surface area contributed by atoms with Gasteiger partial charge in [-0.2, -0.15) is 0 Å². The van der Waals surface area contributed by atoms with Gasteiger partial charge in [-0.15, -0.1) is 0 Å². The van der Waals surface area contributed by atoms with Crippen molar-refractivity contribution in [1.29, 1.82) is 0 Å². The summed E-state index contributed by atoms with van der Waals surface area (Å²) in [6.07, 6.45) is 0.565. The summed E-state index contributed by atoms with van der Waals surface area (Å²) in [6, 6.07) is -0.435. The number of ether oxygens (including phenoxy) is 1. The maximum absolute atomic E-state index is 11.4. The number of carbonyl (C=O) groups excluding carboxylic acids is 2. The minimum absolute atomic E-state index is 0.0296. The summed E-state index contributed by atoms with van der Waals surface area (Å²) in [6.45, 7) is 6.09. The Hall–Kier alpha value is -1.06. The molecule has 2 unspecified atom stereocenters. The lowest BCUT2D eigenvalue weighted by molar-refractivity contribution is -0.145. The maximum atomic E-state index is 11.4. The molecule has 0 aromatic rings. The predicted octanol–water partition coefficient (Wildman–Crippen LogP) is 0.710. The van der Waals surface area contributed by atoms with Gasteiger partial charge in [-0.1, -0.05) is 13.8 Å². The fraction of sp³-hybridized carbons (Fsp3) is 0.800. The lowest BCUT2D eigenvalue weighted by Crippen LogP contribution is -2.34. The van der Waals surface area contributed by atoms with Gasteiger partial charge in [-0.25, -0.2) is 4.79 Å². The number of amides is 1. The normalized spacial score (nSPS) is 26.4. The molecule has 1 fully saturated rings. The van der Waals surface area contributed by atoms with E-state index in [0.29, 0.717) is 13.0 Å². The van der Waals surface area contributed by atoms with Crippen LogP contribution in [0.1, 0.15) is 27.2 Å². The Morgan fingerprint density at radius 2 is 2.29 bits per heavy atom. The first-order valence-electron chi connectivity index (χ1n) is 5.03. The Kier molecular flexibility index (Phi) is 3.49. The van der Waals surface area contributed by atoms with Crippen LogP contribution in [0.4, 0.5) is 0 Å². The second-order valence-corrected chi connectivity index (χ2v) is 3.90. The first-order chi connectivity index (χ1) is 6.56. The van der Waals surface area contributed by atoms with Crippen LogP contribution >= 0.6 is 0 Å². The summed E-state index contributed by atoms with van der Waals surface area (Å²) < 4.78 is 4.85. The summed E-state index contributed by atoms with van der Waals surface area (Å²) in [5.41, 5.74) is 0. The molecule has 0 aromatic heterocycles. The van der Waals surface area contributed by atoms with Crippen LogP contribution in [0.15, 0.2) is 0 Å². The van der Waals surface area contributed by atoms with Crippen molar-refractivity contribution in [3.63, 3.8) is 0 Å². The van der Waals surface area contributed by atoms with Crippen molar-refractivity contribution >= 4 is 11.9 Å². The molecule has 0 spiro atoms. The van der Waals surface area contributed by atoms with E-state index in [4.69, 9.17) is 4.74 Å². The zero-order valence-electron chi connectivity index (χ0n) is 8.87. The summed E-state index contributed by atoms with van der Waals surface area (Å²) in [5.74, 6) is -0.124. The van der Waals surface area contributed by atoms with Crippen LogP contribution in [0.5, 0.6) is 0 Å². The average molecular weight is 199 g/mol. The second-order valence-electron chi connectivity index (χ2n) is 3.90. The molecule has 1 saturated heterocycles. The standard InChI is InChI=1S/C10H17NO3/c1-4-14-10(13)8-5-7(6(2)3)9(12)11-8/h6-8H,4-5H2,1-3H3,(H,11,12). The lowest BCUT2D eigenvalue weighted by Gasteiger charge is -2.10. The highest BCUT2D eigenvalue weighted by Crippen LogP contribution is 2.23. The van der Waals surface area contributed by atoms with E-state index in [9.17, 15) is 9.59 Å². The number of hydrogen-bond donors (Lipinski definition) is 1. The van der Waals surface area contributed by atoms with E-state index in [0.717, 1.165) is 0 Å². The molecule has 1 rings (SSSR count). The fourth-order valence-corrected chi connectivity index (χ4v) is 1.67. The van der Waals surface area contributed by atoms with Crippen LogP contribution in [-0.2, 0) is 14.3 Å². The van der Waals surface area contributed by atoms with Crippen LogP contribution in [0.2, 0.25) is 0 Å². The van der Waals surface area contributed by atoms with E-state index in [1.165, 1.54) is 0 Å². The van der Waals surface area contributed by atoms with Crippen molar-refractivity contribution in [2.24, 2.45) is 11.8 Å². The topological polar surface area (TPSA) is 55.4 Å². The van der Waals surface area contributed by atoms with Gasteiger partial charge in [0, 0.05) is 5.92 Å². The third kappa shape index (κ3) is 2.25. The number of nitrogens with one attached hydrogen (secondary N) is 1. The molecule has 80 valence electrons. The third-order valence-corrected chi connectivity index (χ3v) is 2.52. The smallest absolute Gasteiger partial charge is 0.328 e. The summed E-state index contributed by atoms with van der Waals surface area (Å²) in [4.78, 5) is 22.7. The third-order valence-electron chi connectivity index (χ3n) is 2.52. The molecule has 1 heterocycles. The SMILES string of the molecule is CCOC(=O)C1CC(C(C)C)C(=O)N1. The highest BCUT2D eigenvalue weighted by Gasteiger charge is 2.38. The quantitative estimate of drug-likeness (QED) is 0.681. The van der Waals surface area contributed by atoms with Gasteiger partial charge in [0.15, 0.2) is 0 Å². The van der Waals surface area contributed by atoms with E-state index in [2.05, 4.69) is 5.32 Å². The minimum Gasteiger partial charge on any atom is -0.464 e. The van der Waals surface area contributed by atoms with Crippen molar-refractivity contribution in [3.8, 4) is 0 Å².